The third-order valence-electron chi connectivity index (χ3n) is 2.59. The lowest BCUT2D eigenvalue weighted by molar-refractivity contribution is 0.332. The Hall–Kier alpha value is -1.89. The highest BCUT2D eigenvalue weighted by Gasteiger charge is 2.05. The first-order valence-electron chi connectivity index (χ1n) is 6.34. The fourth-order valence-electron chi connectivity index (χ4n) is 1.54. The quantitative estimate of drug-likeness (QED) is 0.621. The summed E-state index contributed by atoms with van der Waals surface area (Å²) in [6, 6.07) is 7.59. The van der Waals surface area contributed by atoms with E-state index in [1.807, 2.05) is 38.2 Å². The molecule has 2 aromatic rings. The van der Waals surface area contributed by atoms with Gasteiger partial charge in [0.05, 0.1) is 13.2 Å². The standard InChI is InChI=1S/C13H18N4O2S/c1-3-18-10-4-6-11(7-5-10)19-8-9-20-13-16-15-12(14)17(13)2/h4-7H,3,8-9H2,1-2H3,(H2,14,15). The molecule has 0 amide bonds. The molecule has 2 N–H and O–H groups in total. The summed E-state index contributed by atoms with van der Waals surface area (Å²) in [5, 5.41) is 8.56. The van der Waals surface area contributed by atoms with Gasteiger partial charge in [-0.15, -0.1) is 10.2 Å². The van der Waals surface area contributed by atoms with Gasteiger partial charge in [0.2, 0.25) is 5.95 Å². The van der Waals surface area contributed by atoms with Crippen LogP contribution in [-0.2, 0) is 7.05 Å². The topological polar surface area (TPSA) is 75.2 Å². The van der Waals surface area contributed by atoms with E-state index in [0.717, 1.165) is 22.4 Å². The number of thioether (sulfide) groups is 1. The van der Waals surface area contributed by atoms with Crippen LogP contribution in [0.2, 0.25) is 0 Å². The predicted molar refractivity (Wildman–Crippen MR) is 79.2 cm³/mol. The van der Waals surface area contributed by atoms with Gasteiger partial charge in [0, 0.05) is 12.8 Å². The maximum absolute atomic E-state index is 5.64. The van der Waals surface area contributed by atoms with Gasteiger partial charge in [0.15, 0.2) is 5.16 Å². The van der Waals surface area contributed by atoms with Gasteiger partial charge in [0.1, 0.15) is 11.5 Å². The minimum atomic E-state index is 0.417. The summed E-state index contributed by atoms with van der Waals surface area (Å²) in [5.74, 6) is 2.87. The monoisotopic (exact) mass is 294 g/mol. The molecule has 0 radical (unpaired) electrons. The second kappa shape index (κ2) is 7.04. The lowest BCUT2D eigenvalue weighted by Crippen LogP contribution is -2.02. The zero-order chi connectivity index (χ0) is 14.4. The molecule has 2 rings (SSSR count). The van der Waals surface area contributed by atoms with Crippen molar-refractivity contribution < 1.29 is 9.47 Å². The lowest BCUT2D eigenvalue weighted by atomic mass is 10.3. The number of aromatic nitrogens is 3. The Bertz CT molecular complexity index is 542. The number of nitrogens with zero attached hydrogens (tertiary/aromatic N) is 3. The van der Waals surface area contributed by atoms with Crippen LogP contribution < -0.4 is 15.2 Å². The normalized spacial score (nSPS) is 10.5. The molecule has 0 aliphatic heterocycles. The first kappa shape index (κ1) is 14.5. The van der Waals surface area contributed by atoms with Crippen LogP contribution in [0.25, 0.3) is 0 Å². The molecule has 1 heterocycles. The molecule has 1 aromatic carbocycles. The number of nitrogens with two attached hydrogens (primary N) is 1. The van der Waals surface area contributed by atoms with E-state index in [1.54, 1.807) is 16.3 Å². The second-order valence-electron chi connectivity index (χ2n) is 4.00. The van der Waals surface area contributed by atoms with Crippen LogP contribution in [0.1, 0.15) is 6.92 Å². The van der Waals surface area contributed by atoms with Crippen LogP contribution >= 0.6 is 11.8 Å². The highest BCUT2D eigenvalue weighted by molar-refractivity contribution is 7.99. The van der Waals surface area contributed by atoms with Crippen molar-refractivity contribution in [2.24, 2.45) is 7.05 Å². The molecule has 0 saturated carbocycles. The van der Waals surface area contributed by atoms with Crippen LogP contribution in [0.15, 0.2) is 29.4 Å². The summed E-state index contributed by atoms with van der Waals surface area (Å²) in [5.41, 5.74) is 5.61. The van der Waals surface area contributed by atoms with Gasteiger partial charge in [-0.05, 0) is 31.2 Å². The number of rotatable bonds is 7. The number of benzene rings is 1. The van der Waals surface area contributed by atoms with Crippen LogP contribution in [0.3, 0.4) is 0 Å². The van der Waals surface area contributed by atoms with Gasteiger partial charge in [-0.3, -0.25) is 4.57 Å². The van der Waals surface area contributed by atoms with Gasteiger partial charge in [0.25, 0.3) is 0 Å². The molecule has 0 aliphatic rings. The van der Waals surface area contributed by atoms with E-state index >= 15 is 0 Å². The average molecular weight is 294 g/mol. The zero-order valence-corrected chi connectivity index (χ0v) is 12.4. The fraction of sp³-hybridized carbons (Fsp3) is 0.385. The van der Waals surface area contributed by atoms with E-state index in [2.05, 4.69) is 10.2 Å². The SMILES string of the molecule is CCOc1ccc(OCCSc2nnc(N)n2C)cc1. The summed E-state index contributed by atoms with van der Waals surface area (Å²) in [6.07, 6.45) is 0. The average Bonchev–Trinajstić information content (AvgIpc) is 2.77. The Morgan fingerprint density at radius 2 is 1.80 bits per heavy atom. The number of nitrogen functional groups attached to an aromatic ring is 1. The van der Waals surface area contributed by atoms with Gasteiger partial charge >= 0.3 is 0 Å². The second-order valence-corrected chi connectivity index (χ2v) is 5.06. The van der Waals surface area contributed by atoms with Crippen molar-refractivity contribution in [3.63, 3.8) is 0 Å². The van der Waals surface area contributed by atoms with Gasteiger partial charge in [-0.1, -0.05) is 11.8 Å². The van der Waals surface area contributed by atoms with Crippen LogP contribution in [-0.4, -0.2) is 33.7 Å². The molecule has 0 saturated heterocycles. The van der Waals surface area contributed by atoms with E-state index in [4.69, 9.17) is 15.2 Å². The van der Waals surface area contributed by atoms with E-state index in [-0.39, 0.29) is 0 Å². The van der Waals surface area contributed by atoms with Crippen LogP contribution in [0.4, 0.5) is 5.95 Å². The molecule has 0 atom stereocenters. The van der Waals surface area contributed by atoms with Crippen molar-refractivity contribution in [1.29, 1.82) is 0 Å². The van der Waals surface area contributed by atoms with Crippen molar-refractivity contribution in [2.75, 3.05) is 24.7 Å². The molecule has 108 valence electrons. The van der Waals surface area contributed by atoms with Gasteiger partial charge in [-0.2, -0.15) is 0 Å². The summed E-state index contributed by atoms with van der Waals surface area (Å²) in [4.78, 5) is 0. The Balaban J connectivity index is 1.74. The molecule has 1 aromatic heterocycles. The third kappa shape index (κ3) is 3.80. The van der Waals surface area contributed by atoms with Crippen molar-refractivity contribution in [3.05, 3.63) is 24.3 Å². The minimum absolute atomic E-state index is 0.417. The summed E-state index contributed by atoms with van der Waals surface area (Å²) >= 11 is 1.56. The number of hydrogen-bond acceptors (Lipinski definition) is 6. The molecule has 20 heavy (non-hydrogen) atoms. The maximum atomic E-state index is 5.64. The molecule has 0 aliphatic carbocycles. The zero-order valence-electron chi connectivity index (χ0n) is 11.6. The van der Waals surface area contributed by atoms with Crippen molar-refractivity contribution in [3.8, 4) is 11.5 Å². The van der Waals surface area contributed by atoms with Gasteiger partial charge in [-0.25, -0.2) is 0 Å². The van der Waals surface area contributed by atoms with Crippen molar-refractivity contribution in [1.82, 2.24) is 14.8 Å². The van der Waals surface area contributed by atoms with E-state index in [1.165, 1.54) is 0 Å². The van der Waals surface area contributed by atoms with Crippen molar-refractivity contribution >= 4 is 17.7 Å². The number of hydrogen-bond donors (Lipinski definition) is 1. The Morgan fingerprint density at radius 3 is 2.35 bits per heavy atom. The minimum Gasteiger partial charge on any atom is -0.494 e. The largest absolute Gasteiger partial charge is 0.494 e. The van der Waals surface area contributed by atoms with E-state index < -0.39 is 0 Å². The molecule has 7 heteroatoms. The lowest BCUT2D eigenvalue weighted by Gasteiger charge is -2.07. The summed E-state index contributed by atoms with van der Waals surface area (Å²) < 4.78 is 12.8. The third-order valence-corrected chi connectivity index (χ3v) is 3.57. The summed E-state index contributed by atoms with van der Waals surface area (Å²) in [6.45, 7) is 3.21. The highest BCUT2D eigenvalue weighted by atomic mass is 32.2. The smallest absolute Gasteiger partial charge is 0.222 e. The molecule has 0 spiro atoms. The van der Waals surface area contributed by atoms with Crippen molar-refractivity contribution in [2.45, 2.75) is 12.1 Å². The molecular formula is C13H18N4O2S. The number of anilines is 1. The Labute approximate surface area is 122 Å². The molecular weight excluding hydrogens is 276 g/mol. The fourth-order valence-corrected chi connectivity index (χ4v) is 2.28. The van der Waals surface area contributed by atoms with Gasteiger partial charge < -0.3 is 15.2 Å². The summed E-state index contributed by atoms with van der Waals surface area (Å²) in [7, 11) is 1.84. The van der Waals surface area contributed by atoms with E-state index in [0.29, 0.717) is 19.2 Å². The maximum Gasteiger partial charge on any atom is 0.222 e. The Kier molecular flexibility index (Phi) is 5.11. The first-order chi connectivity index (χ1) is 9.70. The highest BCUT2D eigenvalue weighted by Crippen LogP contribution is 2.19. The van der Waals surface area contributed by atoms with E-state index in [9.17, 15) is 0 Å². The number of ether oxygens (including phenoxy) is 2. The van der Waals surface area contributed by atoms with Crippen LogP contribution in [0.5, 0.6) is 11.5 Å². The van der Waals surface area contributed by atoms with Crippen LogP contribution in [0, 0.1) is 0 Å². The molecule has 0 fully saturated rings. The molecule has 0 bridgehead atoms. The first-order valence-corrected chi connectivity index (χ1v) is 7.32. The molecule has 0 unspecified atom stereocenters. The predicted octanol–water partition coefficient (Wildman–Crippen LogP) is 1.97. The Morgan fingerprint density at radius 1 is 1.15 bits per heavy atom. The molecule has 6 nitrogen and oxygen atoms in total.